The number of thiophene rings is 1. The van der Waals surface area contributed by atoms with Crippen LogP contribution in [0.15, 0.2) is 35.4 Å². The lowest BCUT2D eigenvalue weighted by atomic mass is 10.0. The number of benzene rings is 1. The molecule has 0 atom stereocenters. The number of ether oxygens (including phenoxy) is 1. The maximum absolute atomic E-state index is 12.0. The lowest BCUT2D eigenvalue weighted by Crippen LogP contribution is -2.25. The lowest BCUT2D eigenvalue weighted by molar-refractivity contribution is -0.123. The highest BCUT2D eigenvalue weighted by Gasteiger charge is 2.10. The molecule has 2 rings (SSSR count). The van der Waals surface area contributed by atoms with E-state index in [9.17, 15) is 4.79 Å². The Labute approximate surface area is 151 Å². The maximum atomic E-state index is 12.0. The summed E-state index contributed by atoms with van der Waals surface area (Å²) in [6.07, 6.45) is 0. The van der Waals surface area contributed by atoms with Gasteiger partial charge in [0.2, 0.25) is 0 Å². The number of nitrogens with zero attached hydrogens (tertiary/aromatic N) is 1. The molecule has 4 nitrogen and oxygen atoms in total. The minimum atomic E-state index is -0.298. The molecule has 24 heavy (non-hydrogen) atoms. The van der Waals surface area contributed by atoms with Crippen molar-refractivity contribution >= 4 is 34.6 Å². The molecule has 1 amide bonds. The monoisotopic (exact) mass is 364 g/mol. The third-order valence-electron chi connectivity index (χ3n) is 3.43. The van der Waals surface area contributed by atoms with Crippen LogP contribution < -0.4 is 10.2 Å². The fourth-order valence-electron chi connectivity index (χ4n) is 2.13. The zero-order chi connectivity index (χ0) is 17.7. The fourth-order valence-corrected chi connectivity index (χ4v) is 3.12. The van der Waals surface area contributed by atoms with Crippen molar-refractivity contribution in [2.75, 3.05) is 6.61 Å². The van der Waals surface area contributed by atoms with E-state index in [1.165, 1.54) is 11.3 Å². The summed E-state index contributed by atoms with van der Waals surface area (Å²) in [7, 11) is 0. The quantitative estimate of drug-likeness (QED) is 0.593. The van der Waals surface area contributed by atoms with Crippen LogP contribution >= 0.6 is 22.9 Å². The molecule has 1 aromatic heterocycles. The predicted molar refractivity (Wildman–Crippen MR) is 100 cm³/mol. The zero-order valence-corrected chi connectivity index (χ0v) is 15.8. The van der Waals surface area contributed by atoms with Gasteiger partial charge in [-0.25, -0.2) is 5.43 Å². The van der Waals surface area contributed by atoms with Crippen molar-refractivity contribution in [3.8, 4) is 5.75 Å². The third kappa shape index (κ3) is 5.08. The van der Waals surface area contributed by atoms with Crippen molar-refractivity contribution in [3.05, 3.63) is 50.7 Å². The Bertz CT molecular complexity index is 753. The summed E-state index contributed by atoms with van der Waals surface area (Å²) >= 11 is 7.31. The zero-order valence-electron chi connectivity index (χ0n) is 14.2. The van der Waals surface area contributed by atoms with E-state index in [2.05, 4.69) is 24.4 Å². The van der Waals surface area contributed by atoms with Crippen LogP contribution in [-0.2, 0) is 4.79 Å². The highest BCUT2D eigenvalue weighted by Crippen LogP contribution is 2.27. The van der Waals surface area contributed by atoms with Crippen LogP contribution in [0.4, 0.5) is 0 Å². The maximum Gasteiger partial charge on any atom is 0.277 e. The summed E-state index contributed by atoms with van der Waals surface area (Å²) in [4.78, 5) is 12.9. The predicted octanol–water partition coefficient (Wildman–Crippen LogP) is 4.75. The number of rotatable bonds is 6. The van der Waals surface area contributed by atoms with Gasteiger partial charge in [0.15, 0.2) is 6.61 Å². The summed E-state index contributed by atoms with van der Waals surface area (Å²) in [5, 5.41) is 4.08. The van der Waals surface area contributed by atoms with E-state index in [0.29, 0.717) is 16.0 Å². The Morgan fingerprint density at radius 3 is 2.71 bits per heavy atom. The number of hydrazone groups is 1. The molecule has 0 fully saturated rings. The summed E-state index contributed by atoms with van der Waals surface area (Å²) in [5.41, 5.74) is 5.40. The first-order valence-corrected chi connectivity index (χ1v) is 8.88. The van der Waals surface area contributed by atoms with E-state index in [-0.39, 0.29) is 12.5 Å². The van der Waals surface area contributed by atoms with Gasteiger partial charge in [0.1, 0.15) is 5.75 Å². The Morgan fingerprint density at radius 1 is 1.33 bits per heavy atom. The van der Waals surface area contributed by atoms with Gasteiger partial charge in [-0.15, -0.1) is 11.3 Å². The summed E-state index contributed by atoms with van der Waals surface area (Å²) in [6, 6.07) is 9.70. The molecule has 1 N–H and O–H groups in total. The Balaban J connectivity index is 1.95. The number of carbonyl (C=O) groups excluding carboxylic acids is 1. The first kappa shape index (κ1) is 18.5. The van der Waals surface area contributed by atoms with Crippen molar-refractivity contribution in [3.63, 3.8) is 0 Å². The van der Waals surface area contributed by atoms with Crippen molar-refractivity contribution in [1.82, 2.24) is 5.43 Å². The van der Waals surface area contributed by atoms with E-state index >= 15 is 0 Å². The van der Waals surface area contributed by atoms with Crippen molar-refractivity contribution in [2.45, 2.75) is 33.6 Å². The highest BCUT2D eigenvalue weighted by atomic mass is 35.5. The van der Waals surface area contributed by atoms with Crippen LogP contribution in [0.1, 0.15) is 42.7 Å². The number of amides is 1. The Morgan fingerprint density at radius 2 is 2.08 bits per heavy atom. The van der Waals surface area contributed by atoms with Gasteiger partial charge in [0.05, 0.1) is 14.9 Å². The normalized spacial score (nSPS) is 11.7. The average Bonchev–Trinajstić information content (AvgIpc) is 2.97. The van der Waals surface area contributed by atoms with E-state index in [1.54, 1.807) is 6.07 Å². The van der Waals surface area contributed by atoms with Crippen LogP contribution in [0.5, 0.6) is 5.75 Å². The molecule has 0 aliphatic carbocycles. The van der Waals surface area contributed by atoms with Gasteiger partial charge in [-0.05, 0) is 49.1 Å². The third-order valence-corrected chi connectivity index (χ3v) is 4.77. The molecule has 128 valence electrons. The number of halogens is 1. The Kier molecular flexibility index (Phi) is 6.40. The smallest absolute Gasteiger partial charge is 0.277 e. The number of hydrogen-bond donors (Lipinski definition) is 1. The van der Waals surface area contributed by atoms with Crippen LogP contribution in [0.2, 0.25) is 4.34 Å². The fraction of sp³-hybridized carbons (Fsp3) is 0.333. The SMILES string of the molecule is C/C(=N\NC(=O)COc1cc(C)ccc1C(C)C)c1ccc(Cl)s1. The van der Waals surface area contributed by atoms with E-state index in [1.807, 2.05) is 38.1 Å². The molecule has 6 heteroatoms. The van der Waals surface area contributed by atoms with Crippen LogP contribution in [0.3, 0.4) is 0 Å². The second kappa shape index (κ2) is 8.31. The van der Waals surface area contributed by atoms with Crippen molar-refractivity contribution in [1.29, 1.82) is 0 Å². The summed E-state index contributed by atoms with van der Waals surface area (Å²) < 4.78 is 6.37. The minimum Gasteiger partial charge on any atom is -0.483 e. The molecule has 1 aromatic carbocycles. The molecular weight excluding hydrogens is 344 g/mol. The minimum absolute atomic E-state index is 0.0782. The van der Waals surface area contributed by atoms with Gasteiger partial charge in [-0.3, -0.25) is 4.79 Å². The molecule has 0 aliphatic rings. The molecule has 2 aromatic rings. The first-order chi connectivity index (χ1) is 11.4. The molecular formula is C18H21ClN2O2S. The van der Waals surface area contributed by atoms with Crippen LogP contribution in [-0.4, -0.2) is 18.2 Å². The summed E-state index contributed by atoms with van der Waals surface area (Å²) in [5.74, 6) is 0.770. The van der Waals surface area contributed by atoms with Crippen LogP contribution in [0.25, 0.3) is 0 Å². The molecule has 0 aliphatic heterocycles. The van der Waals surface area contributed by atoms with Gasteiger partial charge in [0.25, 0.3) is 5.91 Å². The molecule has 0 bridgehead atoms. The molecule has 0 spiro atoms. The van der Waals surface area contributed by atoms with E-state index in [4.69, 9.17) is 16.3 Å². The highest BCUT2D eigenvalue weighted by molar-refractivity contribution is 7.18. The molecule has 1 heterocycles. The number of nitrogens with one attached hydrogen (secondary N) is 1. The van der Waals surface area contributed by atoms with Gasteiger partial charge < -0.3 is 4.74 Å². The number of hydrogen-bond acceptors (Lipinski definition) is 4. The summed E-state index contributed by atoms with van der Waals surface area (Å²) in [6.45, 7) is 7.93. The lowest BCUT2D eigenvalue weighted by Gasteiger charge is -2.14. The average molecular weight is 365 g/mol. The van der Waals surface area contributed by atoms with Gasteiger partial charge in [-0.1, -0.05) is 37.6 Å². The van der Waals surface area contributed by atoms with Crippen molar-refractivity contribution < 1.29 is 9.53 Å². The first-order valence-electron chi connectivity index (χ1n) is 7.69. The standard InChI is InChI=1S/C18H21ClN2O2S/c1-11(2)14-6-5-12(3)9-15(14)23-10-18(22)21-20-13(4)16-7-8-17(19)24-16/h5-9,11H,10H2,1-4H3,(H,21,22)/b20-13+. The van der Waals surface area contributed by atoms with Gasteiger partial charge >= 0.3 is 0 Å². The number of aryl methyl sites for hydroxylation is 1. The largest absolute Gasteiger partial charge is 0.483 e. The molecule has 0 saturated heterocycles. The van der Waals surface area contributed by atoms with Crippen LogP contribution in [0, 0.1) is 6.92 Å². The van der Waals surface area contributed by atoms with E-state index < -0.39 is 0 Å². The van der Waals surface area contributed by atoms with Gasteiger partial charge in [-0.2, -0.15) is 5.10 Å². The molecule has 0 saturated carbocycles. The van der Waals surface area contributed by atoms with Crippen molar-refractivity contribution in [2.24, 2.45) is 5.10 Å². The number of carbonyl (C=O) groups is 1. The Hall–Kier alpha value is -1.85. The van der Waals surface area contributed by atoms with E-state index in [0.717, 1.165) is 21.8 Å². The topological polar surface area (TPSA) is 50.7 Å². The molecule has 0 radical (unpaired) electrons. The second-order valence-electron chi connectivity index (χ2n) is 5.82. The second-order valence-corrected chi connectivity index (χ2v) is 7.54. The molecule has 0 unspecified atom stereocenters. The van der Waals surface area contributed by atoms with Gasteiger partial charge in [0, 0.05) is 0 Å².